The fourth-order valence-electron chi connectivity index (χ4n) is 1.63. The van der Waals surface area contributed by atoms with Crippen LogP contribution in [0, 0.1) is 0 Å². The van der Waals surface area contributed by atoms with Gasteiger partial charge in [0.1, 0.15) is 12.3 Å². The number of benzene rings is 1. The number of nitrogens with zero attached hydrogens (tertiary/aromatic N) is 1. The largest absolute Gasteiger partial charge is 0.477 e. The van der Waals surface area contributed by atoms with E-state index in [1.807, 2.05) is 30.3 Å². The predicted octanol–water partition coefficient (Wildman–Crippen LogP) is 1.94. The average molecular weight is 286 g/mol. The fraction of sp³-hybridized carbons (Fsp3) is 0.133. The van der Waals surface area contributed by atoms with Gasteiger partial charge in [-0.1, -0.05) is 30.3 Å². The molecule has 2 aromatic rings. The molecule has 0 fully saturated rings. The molecule has 1 aromatic carbocycles. The average Bonchev–Trinajstić information content (AvgIpc) is 2.49. The van der Waals surface area contributed by atoms with Crippen LogP contribution >= 0.6 is 0 Å². The number of nitrogens with one attached hydrogen (secondary N) is 1. The van der Waals surface area contributed by atoms with E-state index in [-0.39, 0.29) is 18.2 Å². The summed E-state index contributed by atoms with van der Waals surface area (Å²) in [7, 11) is 0. The van der Waals surface area contributed by atoms with Crippen molar-refractivity contribution in [2.75, 3.05) is 11.9 Å². The van der Waals surface area contributed by atoms with Gasteiger partial charge in [0.25, 0.3) is 0 Å². The van der Waals surface area contributed by atoms with Gasteiger partial charge in [-0.05, 0) is 17.7 Å². The molecular weight excluding hydrogens is 272 g/mol. The minimum Gasteiger partial charge on any atom is -0.477 e. The number of carboxylic acids is 1. The van der Waals surface area contributed by atoms with Crippen LogP contribution in [0.5, 0.6) is 0 Å². The molecule has 21 heavy (non-hydrogen) atoms. The smallest absolute Gasteiger partial charge is 0.354 e. The van der Waals surface area contributed by atoms with E-state index in [1.165, 1.54) is 18.3 Å². The zero-order chi connectivity index (χ0) is 15.1. The van der Waals surface area contributed by atoms with Gasteiger partial charge in [0.2, 0.25) is 5.91 Å². The van der Waals surface area contributed by atoms with Crippen molar-refractivity contribution in [1.29, 1.82) is 0 Å². The summed E-state index contributed by atoms with van der Waals surface area (Å²) >= 11 is 0. The Morgan fingerprint density at radius 2 is 1.90 bits per heavy atom. The number of aromatic nitrogens is 1. The Hall–Kier alpha value is -2.73. The van der Waals surface area contributed by atoms with Crippen LogP contribution < -0.4 is 5.32 Å². The van der Waals surface area contributed by atoms with Crippen molar-refractivity contribution >= 4 is 17.6 Å². The highest BCUT2D eigenvalue weighted by Crippen LogP contribution is 2.06. The monoisotopic (exact) mass is 286 g/mol. The zero-order valence-electron chi connectivity index (χ0n) is 11.2. The van der Waals surface area contributed by atoms with Gasteiger partial charge in [-0.2, -0.15) is 0 Å². The first-order valence-electron chi connectivity index (χ1n) is 6.26. The highest BCUT2D eigenvalue weighted by atomic mass is 16.5. The molecule has 0 unspecified atom stereocenters. The molecule has 6 heteroatoms. The van der Waals surface area contributed by atoms with Gasteiger partial charge < -0.3 is 15.2 Å². The van der Waals surface area contributed by atoms with Crippen molar-refractivity contribution in [3.63, 3.8) is 0 Å². The lowest BCUT2D eigenvalue weighted by atomic mass is 10.2. The van der Waals surface area contributed by atoms with Gasteiger partial charge in [-0.25, -0.2) is 9.78 Å². The maximum Gasteiger partial charge on any atom is 0.354 e. The molecule has 1 aromatic heterocycles. The van der Waals surface area contributed by atoms with Crippen LogP contribution in [0.1, 0.15) is 16.1 Å². The van der Waals surface area contributed by atoms with Crippen LogP contribution in [0.25, 0.3) is 0 Å². The van der Waals surface area contributed by atoms with Gasteiger partial charge in [0, 0.05) is 0 Å². The zero-order valence-corrected chi connectivity index (χ0v) is 11.2. The molecule has 0 radical (unpaired) electrons. The number of rotatable bonds is 6. The lowest BCUT2D eigenvalue weighted by Gasteiger charge is -2.06. The van der Waals surface area contributed by atoms with E-state index >= 15 is 0 Å². The molecule has 0 aliphatic heterocycles. The molecule has 6 nitrogen and oxygen atoms in total. The summed E-state index contributed by atoms with van der Waals surface area (Å²) in [5.41, 5.74) is 1.33. The quantitative estimate of drug-likeness (QED) is 0.847. The maximum atomic E-state index is 11.6. The highest BCUT2D eigenvalue weighted by Gasteiger charge is 2.06. The standard InChI is InChI=1S/C15H14N2O4/c18-14(10-21-9-11-4-2-1-3-5-11)17-12-6-7-13(15(19)20)16-8-12/h1-8H,9-10H2,(H,17,18)(H,19,20). The summed E-state index contributed by atoms with van der Waals surface area (Å²) in [6.07, 6.45) is 1.29. The first kappa shape index (κ1) is 14.7. The van der Waals surface area contributed by atoms with E-state index in [1.54, 1.807) is 0 Å². The molecular formula is C15H14N2O4. The molecule has 0 spiro atoms. The summed E-state index contributed by atoms with van der Waals surface area (Å²) < 4.78 is 5.29. The van der Waals surface area contributed by atoms with Gasteiger partial charge in [-0.15, -0.1) is 0 Å². The Bertz CT molecular complexity index is 611. The lowest BCUT2D eigenvalue weighted by molar-refractivity contribution is -0.121. The number of aromatic carboxylic acids is 1. The van der Waals surface area contributed by atoms with Gasteiger partial charge >= 0.3 is 5.97 Å². The Labute approximate surface area is 121 Å². The number of carbonyl (C=O) groups is 2. The van der Waals surface area contributed by atoms with Gasteiger partial charge in [0.15, 0.2) is 0 Å². The molecule has 0 saturated carbocycles. The molecule has 0 bridgehead atoms. The second-order valence-corrected chi connectivity index (χ2v) is 4.26. The summed E-state index contributed by atoms with van der Waals surface area (Å²) in [6, 6.07) is 12.3. The van der Waals surface area contributed by atoms with Crippen molar-refractivity contribution in [3.05, 3.63) is 59.9 Å². The van der Waals surface area contributed by atoms with E-state index in [4.69, 9.17) is 9.84 Å². The third kappa shape index (κ3) is 4.70. The number of carbonyl (C=O) groups excluding carboxylic acids is 1. The third-order valence-electron chi connectivity index (χ3n) is 2.61. The summed E-state index contributed by atoms with van der Waals surface area (Å²) in [6.45, 7) is 0.264. The second kappa shape index (κ2) is 7.16. The van der Waals surface area contributed by atoms with E-state index in [0.717, 1.165) is 5.56 Å². The maximum absolute atomic E-state index is 11.6. The minimum absolute atomic E-state index is 0.0756. The number of carboxylic acid groups (broad SMARTS) is 1. The third-order valence-corrected chi connectivity index (χ3v) is 2.61. The fourth-order valence-corrected chi connectivity index (χ4v) is 1.63. The molecule has 0 aliphatic rings. The lowest BCUT2D eigenvalue weighted by Crippen LogP contribution is -2.18. The number of ether oxygens (including phenoxy) is 1. The van der Waals surface area contributed by atoms with Crippen molar-refractivity contribution in [2.45, 2.75) is 6.61 Å². The number of hydrogen-bond acceptors (Lipinski definition) is 4. The van der Waals surface area contributed by atoms with Gasteiger partial charge in [-0.3, -0.25) is 4.79 Å². The van der Waals surface area contributed by atoms with Crippen LogP contribution in [-0.2, 0) is 16.1 Å². The van der Waals surface area contributed by atoms with Crippen LogP contribution in [0.4, 0.5) is 5.69 Å². The molecule has 108 valence electrons. The Morgan fingerprint density at radius 1 is 1.14 bits per heavy atom. The predicted molar refractivity (Wildman–Crippen MR) is 75.9 cm³/mol. The minimum atomic E-state index is -1.11. The van der Waals surface area contributed by atoms with E-state index in [2.05, 4.69) is 10.3 Å². The van der Waals surface area contributed by atoms with E-state index in [0.29, 0.717) is 12.3 Å². The molecule has 2 N–H and O–H groups in total. The summed E-state index contributed by atoms with van der Waals surface area (Å²) in [4.78, 5) is 26.0. The Kier molecular flexibility index (Phi) is 5.00. The Morgan fingerprint density at radius 3 is 2.52 bits per heavy atom. The van der Waals surface area contributed by atoms with Crippen molar-refractivity contribution in [3.8, 4) is 0 Å². The van der Waals surface area contributed by atoms with E-state index < -0.39 is 5.97 Å². The highest BCUT2D eigenvalue weighted by molar-refractivity contribution is 5.92. The molecule has 1 amide bonds. The molecule has 1 heterocycles. The molecule has 2 rings (SSSR count). The van der Waals surface area contributed by atoms with Crippen molar-refractivity contribution in [1.82, 2.24) is 4.98 Å². The van der Waals surface area contributed by atoms with Crippen LogP contribution in [-0.4, -0.2) is 28.6 Å². The normalized spacial score (nSPS) is 10.1. The molecule has 0 aliphatic carbocycles. The van der Waals surface area contributed by atoms with Crippen LogP contribution in [0.2, 0.25) is 0 Å². The topological polar surface area (TPSA) is 88.5 Å². The van der Waals surface area contributed by atoms with Crippen LogP contribution in [0.15, 0.2) is 48.7 Å². The second-order valence-electron chi connectivity index (χ2n) is 4.26. The SMILES string of the molecule is O=C(COCc1ccccc1)Nc1ccc(C(=O)O)nc1. The number of anilines is 1. The summed E-state index contributed by atoms with van der Waals surface area (Å²) in [5, 5.41) is 11.3. The number of amides is 1. The van der Waals surface area contributed by atoms with Crippen LogP contribution in [0.3, 0.4) is 0 Å². The van der Waals surface area contributed by atoms with Gasteiger partial charge in [0.05, 0.1) is 18.5 Å². The first-order valence-corrected chi connectivity index (χ1v) is 6.26. The number of pyridine rings is 1. The van der Waals surface area contributed by atoms with Crippen molar-refractivity contribution < 1.29 is 19.4 Å². The Balaban J connectivity index is 1.78. The summed E-state index contributed by atoms with van der Waals surface area (Å²) in [5.74, 6) is -1.44. The van der Waals surface area contributed by atoms with Crippen molar-refractivity contribution in [2.24, 2.45) is 0 Å². The molecule has 0 saturated heterocycles. The number of hydrogen-bond donors (Lipinski definition) is 2. The molecule has 0 atom stereocenters. The van der Waals surface area contributed by atoms with E-state index in [9.17, 15) is 9.59 Å². The first-order chi connectivity index (χ1) is 10.1.